The molecule has 7 heteroatoms. The van der Waals surface area contributed by atoms with Crippen molar-refractivity contribution >= 4 is 5.82 Å². The van der Waals surface area contributed by atoms with Crippen LogP contribution in [0.2, 0.25) is 0 Å². The molecule has 0 aromatic carbocycles. The van der Waals surface area contributed by atoms with Crippen molar-refractivity contribution in [1.82, 2.24) is 4.98 Å². The minimum Gasteiger partial charge on any atom is -0.381 e. The molecule has 4 nitrogen and oxygen atoms in total. The zero-order valence-corrected chi connectivity index (χ0v) is 11.2. The van der Waals surface area contributed by atoms with E-state index in [1.165, 1.54) is 6.20 Å². The van der Waals surface area contributed by atoms with Gasteiger partial charge in [0.1, 0.15) is 5.82 Å². The smallest absolute Gasteiger partial charge is 0.381 e. The van der Waals surface area contributed by atoms with Crippen LogP contribution in [0.3, 0.4) is 0 Å². The van der Waals surface area contributed by atoms with Crippen LogP contribution in [0.5, 0.6) is 0 Å². The minimum atomic E-state index is -4.36. The first-order valence-electron chi connectivity index (χ1n) is 6.48. The SMILES string of the molecule is COC1CCN(c2cc(C(F)(F)F)ccn2)C(CN)C1. The van der Waals surface area contributed by atoms with Crippen molar-refractivity contribution in [3.8, 4) is 0 Å². The highest BCUT2D eigenvalue weighted by Gasteiger charge is 2.33. The maximum Gasteiger partial charge on any atom is 0.416 e. The number of ether oxygens (including phenoxy) is 1. The Balaban J connectivity index is 2.22. The monoisotopic (exact) mass is 289 g/mol. The van der Waals surface area contributed by atoms with E-state index in [0.717, 1.165) is 18.6 Å². The van der Waals surface area contributed by atoms with E-state index in [-0.39, 0.29) is 12.1 Å². The molecule has 0 radical (unpaired) electrons. The van der Waals surface area contributed by atoms with Crippen molar-refractivity contribution in [2.45, 2.75) is 31.2 Å². The highest BCUT2D eigenvalue weighted by molar-refractivity contribution is 5.43. The maximum absolute atomic E-state index is 12.7. The van der Waals surface area contributed by atoms with E-state index in [1.54, 1.807) is 7.11 Å². The summed E-state index contributed by atoms with van der Waals surface area (Å²) in [6.45, 7) is 0.951. The molecule has 1 aromatic heterocycles. The Hall–Kier alpha value is -1.34. The second-order valence-electron chi connectivity index (χ2n) is 4.87. The fraction of sp³-hybridized carbons (Fsp3) is 0.615. The summed E-state index contributed by atoms with van der Waals surface area (Å²) < 4.78 is 43.5. The highest BCUT2D eigenvalue weighted by Crippen LogP contribution is 2.32. The largest absolute Gasteiger partial charge is 0.416 e. The van der Waals surface area contributed by atoms with E-state index in [0.29, 0.717) is 25.3 Å². The summed E-state index contributed by atoms with van der Waals surface area (Å²) in [5.74, 6) is 0.324. The molecule has 0 saturated carbocycles. The van der Waals surface area contributed by atoms with Crippen LogP contribution >= 0.6 is 0 Å². The van der Waals surface area contributed by atoms with Crippen LogP contribution in [0.4, 0.5) is 19.0 Å². The average molecular weight is 289 g/mol. The number of hydrogen-bond acceptors (Lipinski definition) is 4. The lowest BCUT2D eigenvalue weighted by atomic mass is 9.99. The number of nitrogens with two attached hydrogens (primary N) is 1. The summed E-state index contributed by atoms with van der Waals surface area (Å²) in [4.78, 5) is 5.89. The van der Waals surface area contributed by atoms with Gasteiger partial charge in [-0.1, -0.05) is 0 Å². The third kappa shape index (κ3) is 3.21. The van der Waals surface area contributed by atoms with E-state index < -0.39 is 11.7 Å². The zero-order chi connectivity index (χ0) is 14.8. The number of halogens is 3. The summed E-state index contributed by atoms with van der Waals surface area (Å²) in [6, 6.07) is 2.00. The Labute approximate surface area is 115 Å². The average Bonchev–Trinajstić information content (AvgIpc) is 2.45. The van der Waals surface area contributed by atoms with Gasteiger partial charge in [0, 0.05) is 32.4 Å². The zero-order valence-electron chi connectivity index (χ0n) is 11.2. The predicted molar refractivity (Wildman–Crippen MR) is 69.5 cm³/mol. The van der Waals surface area contributed by atoms with Crippen LogP contribution in [-0.4, -0.2) is 37.3 Å². The van der Waals surface area contributed by atoms with Gasteiger partial charge in [-0.05, 0) is 25.0 Å². The van der Waals surface area contributed by atoms with Crippen LogP contribution in [0.15, 0.2) is 18.3 Å². The summed E-state index contributed by atoms with van der Waals surface area (Å²) >= 11 is 0. The normalized spacial score (nSPS) is 23.9. The number of methoxy groups -OCH3 is 1. The molecule has 2 N–H and O–H groups in total. The number of pyridine rings is 1. The number of hydrogen-bond donors (Lipinski definition) is 1. The molecular formula is C13H18F3N3O. The third-order valence-electron chi connectivity index (χ3n) is 3.64. The minimum absolute atomic E-state index is 0.0512. The number of alkyl halides is 3. The molecule has 1 aliphatic rings. The molecule has 1 saturated heterocycles. The number of aromatic nitrogens is 1. The lowest BCUT2D eigenvalue weighted by molar-refractivity contribution is -0.137. The van der Waals surface area contributed by atoms with Gasteiger partial charge >= 0.3 is 6.18 Å². The van der Waals surface area contributed by atoms with Crippen molar-refractivity contribution in [3.05, 3.63) is 23.9 Å². The lowest BCUT2D eigenvalue weighted by Crippen LogP contribution is -2.49. The molecule has 2 unspecified atom stereocenters. The topological polar surface area (TPSA) is 51.4 Å². The van der Waals surface area contributed by atoms with Crippen molar-refractivity contribution in [1.29, 1.82) is 0 Å². The van der Waals surface area contributed by atoms with Crippen LogP contribution in [-0.2, 0) is 10.9 Å². The molecular weight excluding hydrogens is 271 g/mol. The van der Waals surface area contributed by atoms with Crippen LogP contribution in [0.1, 0.15) is 18.4 Å². The van der Waals surface area contributed by atoms with Gasteiger partial charge in [-0.3, -0.25) is 0 Å². The molecule has 1 fully saturated rings. The van der Waals surface area contributed by atoms with Crippen LogP contribution in [0.25, 0.3) is 0 Å². The fourth-order valence-electron chi connectivity index (χ4n) is 2.51. The Morgan fingerprint density at radius 3 is 2.85 bits per heavy atom. The molecule has 112 valence electrons. The Kier molecular flexibility index (Phi) is 4.49. The van der Waals surface area contributed by atoms with Crippen LogP contribution < -0.4 is 10.6 Å². The van der Waals surface area contributed by atoms with Gasteiger partial charge in [0.25, 0.3) is 0 Å². The van der Waals surface area contributed by atoms with Crippen LogP contribution in [0, 0.1) is 0 Å². The van der Waals surface area contributed by atoms with Gasteiger partial charge in [0.2, 0.25) is 0 Å². The van der Waals surface area contributed by atoms with Gasteiger partial charge in [-0.15, -0.1) is 0 Å². The third-order valence-corrected chi connectivity index (χ3v) is 3.64. The summed E-state index contributed by atoms with van der Waals surface area (Å²) in [5, 5.41) is 0. The van der Waals surface area contributed by atoms with E-state index in [4.69, 9.17) is 10.5 Å². The first-order chi connectivity index (χ1) is 9.45. The first-order valence-corrected chi connectivity index (χ1v) is 6.48. The molecule has 2 rings (SSSR count). The fourth-order valence-corrected chi connectivity index (χ4v) is 2.51. The van der Waals surface area contributed by atoms with Crippen molar-refractivity contribution in [2.75, 3.05) is 25.1 Å². The van der Waals surface area contributed by atoms with E-state index >= 15 is 0 Å². The molecule has 20 heavy (non-hydrogen) atoms. The van der Waals surface area contributed by atoms with Gasteiger partial charge in [-0.25, -0.2) is 4.98 Å². The predicted octanol–water partition coefficient (Wildman–Crippen LogP) is 2.04. The standard InChI is InChI=1S/C13H18F3N3O/c1-20-11-3-5-19(10(7-11)8-17)12-6-9(2-4-18-12)13(14,15)16/h2,4,6,10-11H,3,5,7-8,17H2,1H3. The molecule has 0 aliphatic carbocycles. The maximum atomic E-state index is 12.7. The van der Waals surface area contributed by atoms with E-state index in [9.17, 15) is 13.2 Å². The molecule has 2 heterocycles. The van der Waals surface area contributed by atoms with Crippen molar-refractivity contribution < 1.29 is 17.9 Å². The summed E-state index contributed by atoms with van der Waals surface area (Å²) in [5.41, 5.74) is 5.04. The van der Waals surface area contributed by atoms with Gasteiger partial charge < -0.3 is 15.4 Å². The number of piperidine rings is 1. The van der Waals surface area contributed by atoms with Crippen molar-refractivity contribution in [3.63, 3.8) is 0 Å². The Morgan fingerprint density at radius 1 is 1.50 bits per heavy atom. The highest BCUT2D eigenvalue weighted by atomic mass is 19.4. The molecule has 0 spiro atoms. The molecule has 0 amide bonds. The molecule has 1 aromatic rings. The van der Waals surface area contributed by atoms with Gasteiger partial charge in [-0.2, -0.15) is 13.2 Å². The molecule has 2 atom stereocenters. The lowest BCUT2D eigenvalue weighted by Gasteiger charge is -2.39. The number of anilines is 1. The van der Waals surface area contributed by atoms with Crippen molar-refractivity contribution in [2.24, 2.45) is 5.73 Å². The Bertz CT molecular complexity index is 453. The summed E-state index contributed by atoms with van der Waals surface area (Å²) in [7, 11) is 1.64. The second-order valence-corrected chi connectivity index (χ2v) is 4.87. The van der Waals surface area contributed by atoms with Gasteiger partial charge in [0.15, 0.2) is 0 Å². The van der Waals surface area contributed by atoms with Gasteiger partial charge in [0.05, 0.1) is 11.7 Å². The molecule has 1 aliphatic heterocycles. The number of rotatable bonds is 3. The molecule has 0 bridgehead atoms. The second kappa shape index (κ2) is 5.97. The first kappa shape index (κ1) is 15.1. The summed E-state index contributed by atoms with van der Waals surface area (Å²) in [6.07, 6.45) is -1.62. The Morgan fingerprint density at radius 2 is 2.25 bits per heavy atom. The number of nitrogens with zero attached hydrogens (tertiary/aromatic N) is 2. The van der Waals surface area contributed by atoms with E-state index in [1.807, 2.05) is 4.90 Å². The van der Waals surface area contributed by atoms with E-state index in [2.05, 4.69) is 4.98 Å². The quantitative estimate of drug-likeness (QED) is 0.925.